The molecule has 7 heteroatoms. The van der Waals surface area contributed by atoms with Gasteiger partial charge in [0.2, 0.25) is 0 Å². The maximum absolute atomic E-state index is 11.7. The van der Waals surface area contributed by atoms with Crippen molar-refractivity contribution < 1.29 is 24.2 Å². The fourth-order valence-electron chi connectivity index (χ4n) is 1.81. The van der Waals surface area contributed by atoms with Gasteiger partial charge in [0.25, 0.3) is 0 Å². The number of aliphatic carboxylic acids is 1. The predicted molar refractivity (Wildman–Crippen MR) is 71.0 cm³/mol. The van der Waals surface area contributed by atoms with Gasteiger partial charge < -0.3 is 25.2 Å². The van der Waals surface area contributed by atoms with Crippen LogP contribution in [0.1, 0.15) is 6.42 Å². The lowest BCUT2D eigenvalue weighted by Gasteiger charge is -2.12. The predicted octanol–water partition coefficient (Wildman–Crippen LogP) is 1.06. The zero-order chi connectivity index (χ0) is 14.4. The first-order valence-electron chi connectivity index (χ1n) is 6.23. The van der Waals surface area contributed by atoms with Gasteiger partial charge in [-0.1, -0.05) is 6.07 Å². The molecule has 20 heavy (non-hydrogen) atoms. The van der Waals surface area contributed by atoms with Crippen molar-refractivity contribution in [3.8, 4) is 5.75 Å². The summed E-state index contributed by atoms with van der Waals surface area (Å²) < 4.78 is 10.2. The minimum Gasteiger partial charge on any atom is -0.482 e. The largest absolute Gasteiger partial charge is 0.482 e. The van der Waals surface area contributed by atoms with E-state index in [0.717, 1.165) is 6.42 Å². The molecule has 2 rings (SSSR count). The van der Waals surface area contributed by atoms with Crippen LogP contribution in [0.25, 0.3) is 0 Å². The molecule has 1 aromatic carbocycles. The number of benzene rings is 1. The number of carbonyl (C=O) groups is 2. The van der Waals surface area contributed by atoms with Gasteiger partial charge in [0.05, 0.1) is 12.6 Å². The van der Waals surface area contributed by atoms with Gasteiger partial charge in [0, 0.05) is 18.4 Å². The van der Waals surface area contributed by atoms with E-state index in [4.69, 9.17) is 14.6 Å². The lowest BCUT2D eigenvalue weighted by Crippen LogP contribution is -2.38. The SMILES string of the molecule is O=C(O)COc1cccc(NC(=O)NC2CCOC2)c1. The first-order chi connectivity index (χ1) is 9.63. The molecule has 0 spiro atoms. The van der Waals surface area contributed by atoms with Crippen molar-refractivity contribution in [1.82, 2.24) is 5.32 Å². The summed E-state index contributed by atoms with van der Waals surface area (Å²) in [6.45, 7) is 0.758. The molecular formula is C13H16N2O5. The van der Waals surface area contributed by atoms with Gasteiger partial charge in [-0.15, -0.1) is 0 Å². The third kappa shape index (κ3) is 4.43. The van der Waals surface area contributed by atoms with Crippen molar-refractivity contribution in [2.45, 2.75) is 12.5 Å². The van der Waals surface area contributed by atoms with Crippen LogP contribution in [0.3, 0.4) is 0 Å². The molecule has 1 saturated heterocycles. The number of carbonyl (C=O) groups excluding carboxylic acids is 1. The van der Waals surface area contributed by atoms with Crippen molar-refractivity contribution in [3.63, 3.8) is 0 Å². The van der Waals surface area contributed by atoms with Crippen molar-refractivity contribution in [2.24, 2.45) is 0 Å². The molecule has 0 radical (unpaired) electrons. The number of nitrogens with one attached hydrogen (secondary N) is 2. The number of hydrogen-bond acceptors (Lipinski definition) is 4. The molecule has 0 saturated carbocycles. The van der Waals surface area contributed by atoms with E-state index in [1.54, 1.807) is 24.3 Å². The van der Waals surface area contributed by atoms with Crippen LogP contribution in [-0.4, -0.2) is 43.0 Å². The number of amides is 2. The lowest BCUT2D eigenvalue weighted by atomic mass is 10.2. The van der Waals surface area contributed by atoms with Crippen LogP contribution in [0, 0.1) is 0 Å². The number of hydrogen-bond donors (Lipinski definition) is 3. The van der Waals surface area contributed by atoms with Crippen LogP contribution >= 0.6 is 0 Å². The summed E-state index contributed by atoms with van der Waals surface area (Å²) in [7, 11) is 0. The zero-order valence-electron chi connectivity index (χ0n) is 10.8. The van der Waals surface area contributed by atoms with E-state index in [1.165, 1.54) is 0 Å². The molecule has 7 nitrogen and oxygen atoms in total. The molecule has 1 aromatic rings. The summed E-state index contributed by atoms with van der Waals surface area (Å²) >= 11 is 0. The first kappa shape index (κ1) is 14.1. The Labute approximate surface area is 115 Å². The Hall–Kier alpha value is -2.28. The lowest BCUT2D eigenvalue weighted by molar-refractivity contribution is -0.139. The normalized spacial score (nSPS) is 17.5. The number of anilines is 1. The third-order valence-electron chi connectivity index (χ3n) is 2.72. The Bertz CT molecular complexity index is 485. The number of carboxylic acid groups (broad SMARTS) is 1. The zero-order valence-corrected chi connectivity index (χ0v) is 10.8. The van der Waals surface area contributed by atoms with Crippen LogP contribution < -0.4 is 15.4 Å². The summed E-state index contributed by atoms with van der Waals surface area (Å²) in [5.74, 6) is -0.670. The van der Waals surface area contributed by atoms with Gasteiger partial charge >= 0.3 is 12.0 Å². The Morgan fingerprint density at radius 1 is 1.45 bits per heavy atom. The Kier molecular flexibility index (Phi) is 4.78. The highest BCUT2D eigenvalue weighted by Crippen LogP contribution is 2.17. The second-order valence-corrected chi connectivity index (χ2v) is 4.37. The topological polar surface area (TPSA) is 96.9 Å². The number of ether oxygens (including phenoxy) is 2. The van der Waals surface area contributed by atoms with Gasteiger partial charge in [-0.25, -0.2) is 9.59 Å². The highest BCUT2D eigenvalue weighted by atomic mass is 16.5. The summed E-state index contributed by atoms with van der Waals surface area (Å²) in [6.07, 6.45) is 0.801. The highest BCUT2D eigenvalue weighted by Gasteiger charge is 2.17. The maximum atomic E-state index is 11.7. The molecule has 1 fully saturated rings. The molecule has 0 aromatic heterocycles. The van der Waals surface area contributed by atoms with Crippen LogP contribution in [0.5, 0.6) is 5.75 Å². The van der Waals surface area contributed by atoms with Gasteiger partial charge in [0.1, 0.15) is 5.75 Å². The van der Waals surface area contributed by atoms with Crippen molar-refractivity contribution >= 4 is 17.7 Å². The molecule has 0 aliphatic carbocycles. The van der Waals surface area contributed by atoms with Crippen LogP contribution in [0.15, 0.2) is 24.3 Å². The minimum absolute atomic E-state index is 0.0291. The standard InChI is InChI=1S/C13H16N2O5/c16-12(17)8-20-11-3-1-2-9(6-11)14-13(18)15-10-4-5-19-7-10/h1-3,6,10H,4-5,7-8H2,(H,16,17)(H2,14,15,18). The van der Waals surface area contributed by atoms with E-state index < -0.39 is 12.6 Å². The van der Waals surface area contributed by atoms with Gasteiger partial charge in [0.15, 0.2) is 6.61 Å². The summed E-state index contributed by atoms with van der Waals surface area (Å²) in [6, 6.07) is 6.26. The molecule has 1 aliphatic heterocycles. The van der Waals surface area contributed by atoms with E-state index in [9.17, 15) is 9.59 Å². The fourth-order valence-corrected chi connectivity index (χ4v) is 1.81. The van der Waals surface area contributed by atoms with E-state index in [2.05, 4.69) is 10.6 Å². The van der Waals surface area contributed by atoms with E-state index in [1.807, 2.05) is 0 Å². The first-order valence-corrected chi connectivity index (χ1v) is 6.23. The Morgan fingerprint density at radius 3 is 3.00 bits per heavy atom. The number of rotatable bonds is 5. The second-order valence-electron chi connectivity index (χ2n) is 4.37. The van der Waals surface area contributed by atoms with E-state index >= 15 is 0 Å². The monoisotopic (exact) mass is 280 g/mol. The van der Waals surface area contributed by atoms with Crippen LogP contribution in [0.4, 0.5) is 10.5 Å². The second kappa shape index (κ2) is 6.76. The van der Waals surface area contributed by atoms with E-state index in [-0.39, 0.29) is 12.1 Å². The van der Waals surface area contributed by atoms with E-state index in [0.29, 0.717) is 24.7 Å². The average Bonchev–Trinajstić information content (AvgIpc) is 2.89. The smallest absolute Gasteiger partial charge is 0.341 e. The van der Waals surface area contributed by atoms with Gasteiger partial charge in [-0.3, -0.25) is 0 Å². The molecule has 2 amide bonds. The molecule has 1 heterocycles. The highest BCUT2D eigenvalue weighted by molar-refractivity contribution is 5.89. The number of carboxylic acids is 1. The molecule has 0 bridgehead atoms. The molecule has 108 valence electrons. The molecule has 1 atom stereocenters. The molecule has 1 unspecified atom stereocenters. The Balaban J connectivity index is 1.86. The van der Waals surface area contributed by atoms with Crippen LogP contribution in [-0.2, 0) is 9.53 Å². The Morgan fingerprint density at radius 2 is 2.30 bits per heavy atom. The maximum Gasteiger partial charge on any atom is 0.341 e. The molecule has 3 N–H and O–H groups in total. The quantitative estimate of drug-likeness (QED) is 0.749. The molecular weight excluding hydrogens is 264 g/mol. The average molecular weight is 280 g/mol. The van der Waals surface area contributed by atoms with Crippen molar-refractivity contribution in [2.75, 3.05) is 25.1 Å². The summed E-state index contributed by atoms with van der Waals surface area (Å²) in [5, 5.41) is 14.0. The summed E-state index contributed by atoms with van der Waals surface area (Å²) in [5.41, 5.74) is 0.532. The van der Waals surface area contributed by atoms with Gasteiger partial charge in [-0.05, 0) is 18.6 Å². The summed E-state index contributed by atoms with van der Waals surface area (Å²) in [4.78, 5) is 22.1. The minimum atomic E-state index is -1.05. The van der Waals surface area contributed by atoms with Crippen molar-refractivity contribution in [1.29, 1.82) is 0 Å². The van der Waals surface area contributed by atoms with Crippen molar-refractivity contribution in [3.05, 3.63) is 24.3 Å². The third-order valence-corrected chi connectivity index (χ3v) is 2.72. The van der Waals surface area contributed by atoms with Gasteiger partial charge in [-0.2, -0.15) is 0 Å². The fraction of sp³-hybridized carbons (Fsp3) is 0.385. The number of urea groups is 1. The molecule has 1 aliphatic rings. The van der Waals surface area contributed by atoms with Crippen LogP contribution in [0.2, 0.25) is 0 Å².